The molecule has 1 N–H and O–H groups in total. The molecule has 1 aliphatic rings. The van der Waals surface area contributed by atoms with Crippen molar-refractivity contribution in [2.24, 2.45) is 0 Å². The van der Waals surface area contributed by atoms with Crippen molar-refractivity contribution in [1.29, 1.82) is 0 Å². The van der Waals surface area contributed by atoms with Gasteiger partial charge in [-0.05, 0) is 38.8 Å². The number of aryl methyl sites for hydroxylation is 2. The minimum atomic E-state index is 0.123. The van der Waals surface area contributed by atoms with Crippen LogP contribution in [0.4, 0.5) is 10.9 Å². The predicted octanol–water partition coefficient (Wildman–Crippen LogP) is 4.05. The molecule has 4 aromatic rings. The van der Waals surface area contributed by atoms with Crippen LogP contribution in [0, 0.1) is 13.8 Å². The average Bonchev–Trinajstić information content (AvgIpc) is 3.39. The molecule has 164 valence electrons. The highest BCUT2D eigenvalue weighted by atomic mass is 32.1. The largest absolute Gasteiger partial charge is 0.341 e. The van der Waals surface area contributed by atoms with Crippen LogP contribution in [0.2, 0.25) is 0 Å². The summed E-state index contributed by atoms with van der Waals surface area (Å²) in [6, 6.07) is 9.82. The molecule has 1 aromatic carbocycles. The van der Waals surface area contributed by atoms with E-state index in [2.05, 4.69) is 20.3 Å². The van der Waals surface area contributed by atoms with Crippen LogP contribution in [0.25, 0.3) is 11.0 Å². The first-order valence-corrected chi connectivity index (χ1v) is 11.6. The quantitative estimate of drug-likeness (QED) is 0.497. The van der Waals surface area contributed by atoms with Crippen LogP contribution < -0.4 is 5.32 Å². The average molecular weight is 448 g/mol. The first kappa shape index (κ1) is 20.6. The number of carbonyl (C=O) groups is 1. The molecule has 9 heteroatoms. The lowest BCUT2D eigenvalue weighted by Gasteiger charge is -2.31. The normalized spacial score (nSPS) is 14.8. The van der Waals surface area contributed by atoms with Crippen molar-refractivity contribution in [3.05, 3.63) is 59.3 Å². The number of aromatic nitrogens is 5. The number of thiazole rings is 1. The number of likely N-dealkylation sites (tertiary alicyclic amines) is 1. The molecule has 0 aliphatic carbocycles. The van der Waals surface area contributed by atoms with Gasteiger partial charge in [-0.15, -0.1) is 11.3 Å². The molecule has 0 unspecified atom stereocenters. The summed E-state index contributed by atoms with van der Waals surface area (Å²) in [5, 5.41) is 4.13. The summed E-state index contributed by atoms with van der Waals surface area (Å²) in [5.41, 5.74) is 2.82. The van der Waals surface area contributed by atoms with Gasteiger partial charge in [-0.25, -0.2) is 19.9 Å². The summed E-state index contributed by atoms with van der Waals surface area (Å²) in [6.45, 7) is 5.75. The first-order valence-electron chi connectivity index (χ1n) is 10.8. The lowest BCUT2D eigenvalue weighted by molar-refractivity contribution is -0.132. The summed E-state index contributed by atoms with van der Waals surface area (Å²) in [5.74, 6) is 1.98. The molecule has 1 fully saturated rings. The minimum absolute atomic E-state index is 0.123. The van der Waals surface area contributed by atoms with E-state index in [-0.39, 0.29) is 11.8 Å². The standard InChI is InChI=1S/C23H25N7OS/c1-15-11-20(28-23-24-12-16(2)32-23)27-22(26-15)17-7-9-29(10-8-17)21(31)13-30-14-25-18-5-3-4-6-19(18)30/h3-6,11-12,14,17H,7-10,13H2,1-2H3,(H,24,26,27,28). The molecule has 5 rings (SSSR count). The zero-order chi connectivity index (χ0) is 22.1. The Bertz CT molecular complexity index is 1260. The Morgan fingerprint density at radius 3 is 2.75 bits per heavy atom. The monoisotopic (exact) mass is 447 g/mol. The molecule has 1 amide bonds. The van der Waals surface area contributed by atoms with Crippen LogP contribution in [-0.2, 0) is 11.3 Å². The van der Waals surface area contributed by atoms with Gasteiger partial charge in [0.15, 0.2) is 5.13 Å². The number of carbonyl (C=O) groups excluding carboxylic acids is 1. The summed E-state index contributed by atoms with van der Waals surface area (Å²) in [7, 11) is 0. The van der Waals surface area contributed by atoms with Crippen molar-refractivity contribution in [2.45, 2.75) is 39.2 Å². The Labute approximate surface area is 190 Å². The maximum Gasteiger partial charge on any atom is 0.242 e. The number of rotatable bonds is 5. The predicted molar refractivity (Wildman–Crippen MR) is 125 cm³/mol. The van der Waals surface area contributed by atoms with Gasteiger partial charge >= 0.3 is 0 Å². The van der Waals surface area contributed by atoms with E-state index < -0.39 is 0 Å². The Hall–Kier alpha value is -3.33. The van der Waals surface area contributed by atoms with Crippen molar-refractivity contribution < 1.29 is 4.79 Å². The first-order chi connectivity index (χ1) is 15.5. The maximum atomic E-state index is 12.9. The molecule has 32 heavy (non-hydrogen) atoms. The van der Waals surface area contributed by atoms with Gasteiger partial charge in [0.2, 0.25) is 5.91 Å². The fourth-order valence-corrected chi connectivity index (χ4v) is 4.80. The summed E-state index contributed by atoms with van der Waals surface area (Å²) < 4.78 is 1.92. The van der Waals surface area contributed by atoms with Crippen LogP contribution in [-0.4, -0.2) is 48.4 Å². The van der Waals surface area contributed by atoms with Gasteiger partial charge in [-0.3, -0.25) is 4.79 Å². The topological polar surface area (TPSA) is 88.8 Å². The van der Waals surface area contributed by atoms with Crippen LogP contribution in [0.1, 0.15) is 35.2 Å². The maximum absolute atomic E-state index is 12.9. The fourth-order valence-electron chi connectivity index (χ4n) is 4.13. The number of fused-ring (bicyclic) bond motifs is 1. The van der Waals surface area contributed by atoms with Crippen molar-refractivity contribution in [1.82, 2.24) is 29.4 Å². The zero-order valence-corrected chi connectivity index (χ0v) is 19.0. The van der Waals surface area contributed by atoms with E-state index in [1.165, 1.54) is 0 Å². The number of piperidine rings is 1. The highest BCUT2D eigenvalue weighted by Gasteiger charge is 2.26. The van der Waals surface area contributed by atoms with E-state index in [1.54, 1.807) is 17.7 Å². The SMILES string of the molecule is Cc1cc(Nc2ncc(C)s2)nc(C2CCN(C(=O)Cn3cnc4ccccc43)CC2)n1. The Balaban J connectivity index is 1.23. The van der Waals surface area contributed by atoms with Crippen LogP contribution in [0.3, 0.4) is 0 Å². The van der Waals surface area contributed by atoms with Gasteiger partial charge in [0, 0.05) is 41.8 Å². The lowest BCUT2D eigenvalue weighted by Crippen LogP contribution is -2.40. The second-order valence-corrected chi connectivity index (χ2v) is 9.40. The minimum Gasteiger partial charge on any atom is -0.341 e. The number of anilines is 2. The number of amides is 1. The van der Waals surface area contributed by atoms with Crippen LogP contribution in [0.15, 0.2) is 42.9 Å². The third-order valence-electron chi connectivity index (χ3n) is 5.77. The molecule has 1 aliphatic heterocycles. The van der Waals surface area contributed by atoms with Gasteiger partial charge in [0.05, 0.1) is 17.4 Å². The summed E-state index contributed by atoms with van der Waals surface area (Å²) in [4.78, 5) is 34.2. The van der Waals surface area contributed by atoms with E-state index in [9.17, 15) is 4.79 Å². The Kier molecular flexibility index (Phi) is 5.57. The third kappa shape index (κ3) is 4.34. The molecular weight excluding hydrogens is 422 g/mol. The number of hydrogen-bond acceptors (Lipinski definition) is 7. The van der Waals surface area contributed by atoms with E-state index in [4.69, 9.17) is 4.98 Å². The molecule has 0 radical (unpaired) electrons. The van der Waals surface area contributed by atoms with E-state index >= 15 is 0 Å². The fraction of sp³-hybridized carbons (Fsp3) is 0.348. The van der Waals surface area contributed by atoms with E-state index in [0.29, 0.717) is 19.6 Å². The number of nitrogens with one attached hydrogen (secondary N) is 1. The molecule has 3 aromatic heterocycles. The van der Waals surface area contributed by atoms with Gasteiger partial charge in [0.1, 0.15) is 18.2 Å². The second kappa shape index (κ2) is 8.66. The van der Waals surface area contributed by atoms with Crippen molar-refractivity contribution in [3.8, 4) is 0 Å². The van der Waals surface area contributed by atoms with Crippen molar-refractivity contribution >= 4 is 39.2 Å². The molecular formula is C23H25N7OS. The number of nitrogens with zero attached hydrogens (tertiary/aromatic N) is 6. The van der Waals surface area contributed by atoms with Gasteiger partial charge in [0.25, 0.3) is 0 Å². The molecule has 0 saturated carbocycles. The number of benzene rings is 1. The Morgan fingerprint density at radius 1 is 1.16 bits per heavy atom. The molecule has 8 nitrogen and oxygen atoms in total. The molecule has 0 spiro atoms. The van der Waals surface area contributed by atoms with Crippen LogP contribution >= 0.6 is 11.3 Å². The van der Waals surface area contributed by atoms with Crippen molar-refractivity contribution in [3.63, 3.8) is 0 Å². The lowest BCUT2D eigenvalue weighted by atomic mass is 9.95. The van der Waals surface area contributed by atoms with Gasteiger partial charge < -0.3 is 14.8 Å². The molecule has 0 atom stereocenters. The number of para-hydroxylation sites is 2. The molecule has 4 heterocycles. The smallest absolute Gasteiger partial charge is 0.242 e. The summed E-state index contributed by atoms with van der Waals surface area (Å²) >= 11 is 1.60. The molecule has 1 saturated heterocycles. The number of hydrogen-bond donors (Lipinski definition) is 1. The highest BCUT2D eigenvalue weighted by molar-refractivity contribution is 7.15. The summed E-state index contributed by atoms with van der Waals surface area (Å²) in [6.07, 6.45) is 5.31. The van der Waals surface area contributed by atoms with E-state index in [0.717, 1.165) is 51.2 Å². The number of imidazole rings is 1. The third-order valence-corrected chi connectivity index (χ3v) is 6.60. The van der Waals surface area contributed by atoms with Gasteiger partial charge in [-0.1, -0.05) is 12.1 Å². The second-order valence-electron chi connectivity index (χ2n) is 8.17. The zero-order valence-electron chi connectivity index (χ0n) is 18.2. The van der Waals surface area contributed by atoms with E-state index in [1.807, 2.05) is 59.8 Å². The van der Waals surface area contributed by atoms with Gasteiger partial charge in [-0.2, -0.15) is 0 Å². The van der Waals surface area contributed by atoms with Crippen molar-refractivity contribution in [2.75, 3.05) is 18.4 Å². The molecule has 0 bridgehead atoms. The van der Waals surface area contributed by atoms with Crippen LogP contribution in [0.5, 0.6) is 0 Å². The highest BCUT2D eigenvalue weighted by Crippen LogP contribution is 2.28. The Morgan fingerprint density at radius 2 is 1.97 bits per heavy atom.